The van der Waals surface area contributed by atoms with Gasteiger partial charge >= 0.3 is 5.92 Å². The van der Waals surface area contributed by atoms with Crippen LogP contribution in [0.3, 0.4) is 0 Å². The van der Waals surface area contributed by atoms with E-state index < -0.39 is 23.0 Å². The van der Waals surface area contributed by atoms with Gasteiger partial charge in [-0.05, 0) is 6.92 Å². The van der Waals surface area contributed by atoms with E-state index in [4.69, 9.17) is 11.6 Å². The molecule has 3 aromatic rings. The van der Waals surface area contributed by atoms with Gasteiger partial charge in [0, 0.05) is 5.56 Å². The molecule has 0 radical (unpaired) electrons. The molecule has 2 heterocycles. The van der Waals surface area contributed by atoms with Crippen LogP contribution in [0.4, 0.5) is 20.3 Å². The van der Waals surface area contributed by atoms with Gasteiger partial charge in [0.2, 0.25) is 0 Å². The fraction of sp³-hybridized carbons (Fsp3) is 0.200. The van der Waals surface area contributed by atoms with Crippen molar-refractivity contribution in [3.05, 3.63) is 63.5 Å². The Morgan fingerprint density at radius 1 is 1.27 bits per heavy atom. The molecule has 136 valence electrons. The third kappa shape index (κ3) is 3.11. The molecule has 0 saturated heterocycles. The van der Waals surface area contributed by atoms with Crippen LogP contribution in [0, 0.1) is 6.92 Å². The summed E-state index contributed by atoms with van der Waals surface area (Å²) in [7, 11) is 0. The van der Waals surface area contributed by atoms with Gasteiger partial charge in [-0.15, -0.1) is 0 Å². The first-order chi connectivity index (χ1) is 12.3. The van der Waals surface area contributed by atoms with Gasteiger partial charge in [0.05, 0.1) is 6.54 Å². The smallest absolute Gasteiger partial charge is 0.330 e. The van der Waals surface area contributed by atoms with Gasteiger partial charge in [-0.3, -0.25) is 9.80 Å². The molecule has 0 fully saturated rings. The molecule has 3 rings (SSSR count). The fourth-order valence-corrected chi connectivity index (χ4v) is 2.25. The number of nitrogen functional groups attached to an aromatic ring is 1. The van der Waals surface area contributed by atoms with Gasteiger partial charge < -0.3 is 10.7 Å². The lowest BCUT2D eigenvalue weighted by Gasteiger charge is -2.21. The zero-order chi connectivity index (χ0) is 18.9. The summed E-state index contributed by atoms with van der Waals surface area (Å²) < 4.78 is 34.0. The minimum absolute atomic E-state index is 0.0909. The first kappa shape index (κ1) is 17.5. The standard InChI is InChI=1S/C15H15F2N7O2/c1-8-10(23-26-22-8)7-24(19)12-11(18)13(25)21-14(20-12)15(16,17)9-5-3-2-4-6-9/h2-6H,7,18-19H2,1H3,(H,20,21,25). The Labute approximate surface area is 145 Å². The van der Waals surface area contributed by atoms with Gasteiger partial charge in [0.15, 0.2) is 11.6 Å². The van der Waals surface area contributed by atoms with Gasteiger partial charge in [0.1, 0.15) is 17.1 Å². The quantitative estimate of drug-likeness (QED) is 0.452. The number of rotatable bonds is 5. The van der Waals surface area contributed by atoms with Gasteiger partial charge in [-0.1, -0.05) is 40.6 Å². The molecule has 0 aliphatic carbocycles. The first-order valence-corrected chi connectivity index (χ1v) is 7.44. The second-order valence-corrected chi connectivity index (χ2v) is 5.52. The van der Waals surface area contributed by atoms with Gasteiger partial charge in [0.25, 0.3) is 5.56 Å². The first-order valence-electron chi connectivity index (χ1n) is 7.44. The average Bonchev–Trinajstić information content (AvgIpc) is 3.02. The molecule has 0 amide bonds. The zero-order valence-corrected chi connectivity index (χ0v) is 13.6. The molecule has 0 aliphatic heterocycles. The summed E-state index contributed by atoms with van der Waals surface area (Å²) in [6, 6.07) is 6.95. The maximum absolute atomic E-state index is 14.7. The molecule has 1 aromatic carbocycles. The summed E-state index contributed by atoms with van der Waals surface area (Å²) in [5.74, 6) is 1.14. The van der Waals surface area contributed by atoms with E-state index in [1.54, 1.807) is 13.0 Å². The summed E-state index contributed by atoms with van der Waals surface area (Å²) in [5.41, 5.74) is 4.82. The average molecular weight is 363 g/mol. The van der Waals surface area contributed by atoms with E-state index in [-0.39, 0.29) is 17.9 Å². The molecular weight excluding hydrogens is 348 g/mol. The Morgan fingerprint density at radius 3 is 2.58 bits per heavy atom. The predicted octanol–water partition coefficient (Wildman–Crippen LogP) is 1.06. The molecule has 0 aliphatic rings. The number of aryl methyl sites for hydroxylation is 1. The normalized spacial score (nSPS) is 11.5. The highest BCUT2D eigenvalue weighted by molar-refractivity contribution is 5.60. The SMILES string of the molecule is Cc1nonc1CN(N)c1nc(C(F)(F)c2ccccc2)[nH]c(=O)c1N. The Kier molecular flexibility index (Phi) is 4.38. The maximum atomic E-state index is 14.7. The van der Waals surface area contributed by atoms with Crippen molar-refractivity contribution in [2.45, 2.75) is 19.4 Å². The van der Waals surface area contributed by atoms with Crippen molar-refractivity contribution in [3.63, 3.8) is 0 Å². The van der Waals surface area contributed by atoms with Crippen molar-refractivity contribution >= 4 is 11.5 Å². The number of nitrogens with zero attached hydrogens (tertiary/aromatic N) is 4. The third-order valence-corrected chi connectivity index (χ3v) is 3.71. The van der Waals surface area contributed by atoms with Crippen LogP contribution < -0.4 is 22.1 Å². The number of H-pyrrole nitrogens is 1. The van der Waals surface area contributed by atoms with E-state index in [0.717, 1.165) is 5.01 Å². The number of nitrogens with two attached hydrogens (primary N) is 2. The fourth-order valence-electron chi connectivity index (χ4n) is 2.25. The molecule has 26 heavy (non-hydrogen) atoms. The van der Waals surface area contributed by atoms with Crippen molar-refractivity contribution in [1.29, 1.82) is 0 Å². The van der Waals surface area contributed by atoms with Crippen molar-refractivity contribution in [1.82, 2.24) is 20.3 Å². The number of benzene rings is 1. The molecular formula is C15H15F2N7O2. The van der Waals surface area contributed by atoms with Crippen LogP contribution in [0.1, 0.15) is 22.8 Å². The van der Waals surface area contributed by atoms with E-state index in [2.05, 4.69) is 19.9 Å². The molecule has 0 atom stereocenters. The second-order valence-electron chi connectivity index (χ2n) is 5.52. The van der Waals surface area contributed by atoms with E-state index in [1.807, 2.05) is 4.98 Å². The van der Waals surface area contributed by atoms with Crippen molar-refractivity contribution in [3.8, 4) is 0 Å². The molecule has 9 nitrogen and oxygen atoms in total. The summed E-state index contributed by atoms with van der Waals surface area (Å²) in [4.78, 5) is 17.8. The number of aromatic nitrogens is 4. The highest BCUT2D eigenvalue weighted by Gasteiger charge is 2.38. The van der Waals surface area contributed by atoms with E-state index in [0.29, 0.717) is 11.4 Å². The van der Waals surface area contributed by atoms with E-state index in [1.165, 1.54) is 24.3 Å². The molecule has 0 bridgehead atoms. The number of alkyl halides is 2. The lowest BCUT2D eigenvalue weighted by atomic mass is 10.1. The maximum Gasteiger partial charge on any atom is 0.330 e. The van der Waals surface area contributed by atoms with Crippen LogP contribution in [0.5, 0.6) is 0 Å². The number of hydrogen-bond acceptors (Lipinski definition) is 8. The molecule has 11 heteroatoms. The van der Waals surface area contributed by atoms with Crippen LogP contribution in [-0.2, 0) is 12.5 Å². The Morgan fingerprint density at radius 2 is 1.96 bits per heavy atom. The highest BCUT2D eigenvalue weighted by atomic mass is 19.3. The molecule has 5 N–H and O–H groups in total. The van der Waals surface area contributed by atoms with Crippen molar-refractivity contribution in [2.24, 2.45) is 5.84 Å². The minimum atomic E-state index is -3.55. The van der Waals surface area contributed by atoms with E-state index >= 15 is 0 Å². The summed E-state index contributed by atoms with van der Waals surface area (Å²) in [5, 5.41) is 8.17. The van der Waals surface area contributed by atoms with E-state index in [9.17, 15) is 13.6 Å². The van der Waals surface area contributed by atoms with Crippen LogP contribution in [-0.4, -0.2) is 20.3 Å². The Bertz CT molecular complexity index is 972. The van der Waals surface area contributed by atoms with Crippen LogP contribution >= 0.6 is 0 Å². The van der Waals surface area contributed by atoms with Gasteiger partial charge in [-0.25, -0.2) is 15.5 Å². The largest absolute Gasteiger partial charge is 0.391 e. The number of hydrazine groups is 1. The zero-order valence-electron chi connectivity index (χ0n) is 13.6. The Balaban J connectivity index is 2.02. The van der Waals surface area contributed by atoms with Crippen LogP contribution in [0.25, 0.3) is 0 Å². The van der Waals surface area contributed by atoms with Gasteiger partial charge in [-0.2, -0.15) is 8.78 Å². The number of hydrogen-bond donors (Lipinski definition) is 3. The number of halogens is 2. The molecule has 0 saturated carbocycles. The molecule has 2 aromatic heterocycles. The second kappa shape index (κ2) is 6.52. The highest BCUT2D eigenvalue weighted by Crippen LogP contribution is 2.34. The van der Waals surface area contributed by atoms with Crippen LogP contribution in [0.2, 0.25) is 0 Å². The number of anilines is 2. The number of nitrogens with one attached hydrogen (secondary N) is 1. The van der Waals surface area contributed by atoms with Crippen molar-refractivity contribution < 1.29 is 13.4 Å². The summed E-state index contributed by atoms with van der Waals surface area (Å²) >= 11 is 0. The Hall–Kier alpha value is -3.34. The summed E-state index contributed by atoms with van der Waals surface area (Å²) in [6.07, 6.45) is 0. The predicted molar refractivity (Wildman–Crippen MR) is 88.1 cm³/mol. The molecule has 0 spiro atoms. The number of aromatic amines is 1. The minimum Gasteiger partial charge on any atom is -0.391 e. The van der Waals surface area contributed by atoms with Crippen molar-refractivity contribution in [2.75, 3.05) is 10.7 Å². The monoisotopic (exact) mass is 363 g/mol. The third-order valence-electron chi connectivity index (χ3n) is 3.71. The summed E-state index contributed by atoms with van der Waals surface area (Å²) in [6.45, 7) is 1.54. The lowest BCUT2D eigenvalue weighted by molar-refractivity contribution is 0.0327. The topological polar surface area (TPSA) is 140 Å². The van der Waals surface area contributed by atoms with Crippen LogP contribution in [0.15, 0.2) is 39.8 Å². The lowest BCUT2D eigenvalue weighted by Crippen LogP contribution is -2.36. The molecule has 0 unspecified atom stereocenters.